The molecule has 0 radical (unpaired) electrons. The normalized spacial score (nSPS) is 10.5. The number of aryl methyl sites for hydroxylation is 1. The SMILES string of the molecule is Cn1ccc(CSc2ncccc2N)n1. The number of pyridine rings is 1. The van der Waals surface area contributed by atoms with E-state index < -0.39 is 0 Å². The quantitative estimate of drug-likeness (QED) is 0.800. The highest BCUT2D eigenvalue weighted by Crippen LogP contribution is 2.24. The van der Waals surface area contributed by atoms with Gasteiger partial charge in [0, 0.05) is 25.2 Å². The zero-order valence-electron chi connectivity index (χ0n) is 8.42. The molecule has 0 fully saturated rings. The predicted octanol–water partition coefficient (Wildman–Crippen LogP) is 1.69. The van der Waals surface area contributed by atoms with E-state index in [9.17, 15) is 0 Å². The van der Waals surface area contributed by atoms with Crippen LogP contribution in [0.25, 0.3) is 0 Å². The number of nitrogens with zero attached hydrogens (tertiary/aromatic N) is 3. The maximum Gasteiger partial charge on any atom is 0.119 e. The van der Waals surface area contributed by atoms with E-state index in [2.05, 4.69) is 10.1 Å². The van der Waals surface area contributed by atoms with Gasteiger partial charge in [-0.15, -0.1) is 0 Å². The van der Waals surface area contributed by atoms with E-state index in [4.69, 9.17) is 5.73 Å². The maximum absolute atomic E-state index is 5.78. The first kappa shape index (κ1) is 10.0. The highest BCUT2D eigenvalue weighted by molar-refractivity contribution is 7.98. The zero-order valence-corrected chi connectivity index (χ0v) is 9.24. The average Bonchev–Trinajstić information content (AvgIpc) is 2.63. The van der Waals surface area contributed by atoms with Crippen molar-refractivity contribution in [2.24, 2.45) is 7.05 Å². The lowest BCUT2D eigenvalue weighted by atomic mass is 10.4. The minimum atomic E-state index is 0.721. The van der Waals surface area contributed by atoms with Crippen molar-refractivity contribution in [3.05, 3.63) is 36.3 Å². The van der Waals surface area contributed by atoms with Crippen LogP contribution in [0.2, 0.25) is 0 Å². The van der Waals surface area contributed by atoms with Crippen LogP contribution in [-0.4, -0.2) is 14.8 Å². The Morgan fingerprint density at radius 1 is 1.47 bits per heavy atom. The van der Waals surface area contributed by atoms with Crippen molar-refractivity contribution in [3.63, 3.8) is 0 Å². The number of hydrogen-bond acceptors (Lipinski definition) is 4. The minimum absolute atomic E-state index is 0.721. The molecule has 0 atom stereocenters. The first-order chi connectivity index (χ1) is 7.25. The molecule has 5 heteroatoms. The molecule has 0 aliphatic heterocycles. The van der Waals surface area contributed by atoms with Crippen molar-refractivity contribution in [2.45, 2.75) is 10.8 Å². The third kappa shape index (κ3) is 2.50. The maximum atomic E-state index is 5.78. The van der Waals surface area contributed by atoms with Gasteiger partial charge in [0.25, 0.3) is 0 Å². The molecule has 0 spiro atoms. The van der Waals surface area contributed by atoms with Gasteiger partial charge in [0.2, 0.25) is 0 Å². The summed E-state index contributed by atoms with van der Waals surface area (Å²) in [6.45, 7) is 0. The summed E-state index contributed by atoms with van der Waals surface area (Å²) >= 11 is 1.60. The first-order valence-corrected chi connectivity index (χ1v) is 5.56. The number of anilines is 1. The lowest BCUT2D eigenvalue weighted by molar-refractivity contribution is 0.755. The molecule has 0 aliphatic rings. The molecule has 2 aromatic rings. The van der Waals surface area contributed by atoms with E-state index in [-0.39, 0.29) is 0 Å². The van der Waals surface area contributed by atoms with Crippen LogP contribution < -0.4 is 5.73 Å². The Bertz CT molecular complexity index is 452. The van der Waals surface area contributed by atoms with Gasteiger partial charge >= 0.3 is 0 Å². The van der Waals surface area contributed by atoms with Crippen LogP contribution in [0, 0.1) is 0 Å². The molecule has 4 nitrogen and oxygen atoms in total. The number of thioether (sulfide) groups is 1. The molecular weight excluding hydrogens is 208 g/mol. The summed E-state index contributed by atoms with van der Waals surface area (Å²) in [5.74, 6) is 0.794. The van der Waals surface area contributed by atoms with Crippen LogP contribution in [0.1, 0.15) is 5.69 Å². The molecule has 0 aromatic carbocycles. The summed E-state index contributed by atoms with van der Waals surface area (Å²) in [4.78, 5) is 4.20. The summed E-state index contributed by atoms with van der Waals surface area (Å²) in [5, 5.41) is 5.15. The molecule has 2 aromatic heterocycles. The van der Waals surface area contributed by atoms with Crippen LogP contribution in [0.4, 0.5) is 5.69 Å². The largest absolute Gasteiger partial charge is 0.397 e. The first-order valence-electron chi connectivity index (χ1n) is 4.57. The molecule has 0 unspecified atom stereocenters. The molecule has 2 N–H and O–H groups in total. The van der Waals surface area contributed by atoms with Gasteiger partial charge < -0.3 is 5.73 Å². The molecule has 0 saturated heterocycles. The van der Waals surface area contributed by atoms with Gasteiger partial charge in [-0.3, -0.25) is 4.68 Å². The fourth-order valence-electron chi connectivity index (χ4n) is 1.21. The second-order valence-corrected chi connectivity index (χ2v) is 4.13. The number of nitrogens with two attached hydrogens (primary N) is 1. The van der Waals surface area contributed by atoms with Gasteiger partial charge in [0.05, 0.1) is 11.4 Å². The molecule has 15 heavy (non-hydrogen) atoms. The van der Waals surface area contributed by atoms with Gasteiger partial charge in [-0.05, 0) is 18.2 Å². The third-order valence-corrected chi connectivity index (χ3v) is 2.98. The van der Waals surface area contributed by atoms with Crippen LogP contribution in [0.5, 0.6) is 0 Å². The van der Waals surface area contributed by atoms with Gasteiger partial charge in [-0.25, -0.2) is 4.98 Å². The summed E-state index contributed by atoms with van der Waals surface area (Å²) in [7, 11) is 1.91. The zero-order chi connectivity index (χ0) is 10.7. The van der Waals surface area contributed by atoms with Gasteiger partial charge in [-0.1, -0.05) is 11.8 Å². The fraction of sp³-hybridized carbons (Fsp3) is 0.200. The third-order valence-electron chi connectivity index (χ3n) is 1.93. The Balaban J connectivity index is 2.02. The summed E-state index contributed by atoms with van der Waals surface area (Å²) in [5.41, 5.74) is 7.54. The molecular formula is C10H12N4S. The minimum Gasteiger partial charge on any atom is -0.397 e. The van der Waals surface area contributed by atoms with E-state index in [1.165, 1.54) is 0 Å². The van der Waals surface area contributed by atoms with E-state index >= 15 is 0 Å². The topological polar surface area (TPSA) is 56.7 Å². The van der Waals surface area contributed by atoms with Crippen LogP contribution in [0.3, 0.4) is 0 Å². The van der Waals surface area contributed by atoms with E-state index in [1.807, 2.05) is 31.4 Å². The van der Waals surface area contributed by atoms with Crippen LogP contribution in [0.15, 0.2) is 35.6 Å². The number of rotatable bonds is 3. The molecule has 0 amide bonds. The lowest BCUT2D eigenvalue weighted by Crippen LogP contribution is -1.92. The smallest absolute Gasteiger partial charge is 0.119 e. The Morgan fingerprint density at radius 2 is 2.33 bits per heavy atom. The summed E-state index contributed by atoms with van der Waals surface area (Å²) < 4.78 is 1.79. The van der Waals surface area contributed by atoms with Gasteiger partial charge in [0.1, 0.15) is 5.03 Å². The van der Waals surface area contributed by atoms with E-state index in [0.29, 0.717) is 0 Å². The molecule has 0 aliphatic carbocycles. The second-order valence-electron chi connectivity index (χ2n) is 3.17. The Morgan fingerprint density at radius 3 is 3.00 bits per heavy atom. The van der Waals surface area contributed by atoms with Gasteiger partial charge in [-0.2, -0.15) is 5.10 Å². The van der Waals surface area contributed by atoms with Crippen molar-refractivity contribution < 1.29 is 0 Å². The highest BCUT2D eigenvalue weighted by atomic mass is 32.2. The van der Waals surface area contributed by atoms with Crippen LogP contribution in [-0.2, 0) is 12.8 Å². The molecule has 2 rings (SSSR count). The second kappa shape index (κ2) is 4.35. The van der Waals surface area contributed by atoms with Crippen molar-refractivity contribution >= 4 is 17.4 Å². The predicted molar refractivity (Wildman–Crippen MR) is 61.4 cm³/mol. The fourth-order valence-corrected chi connectivity index (χ4v) is 2.01. The number of aromatic nitrogens is 3. The number of hydrogen-bond donors (Lipinski definition) is 1. The lowest BCUT2D eigenvalue weighted by Gasteiger charge is -2.01. The molecule has 2 heterocycles. The Hall–Kier alpha value is -1.49. The van der Waals surface area contributed by atoms with Crippen molar-refractivity contribution in [1.82, 2.24) is 14.8 Å². The summed E-state index contributed by atoms with van der Waals surface area (Å²) in [6, 6.07) is 5.68. The molecule has 78 valence electrons. The van der Waals surface area contributed by atoms with Crippen molar-refractivity contribution in [2.75, 3.05) is 5.73 Å². The van der Waals surface area contributed by atoms with E-state index in [1.54, 1.807) is 22.6 Å². The number of nitrogen functional groups attached to an aromatic ring is 1. The Kier molecular flexibility index (Phi) is 2.91. The molecule has 0 bridgehead atoms. The molecule has 0 saturated carbocycles. The standard InChI is InChI=1S/C10H12N4S/c1-14-6-4-8(13-14)7-15-10-9(11)3-2-5-12-10/h2-6H,7,11H2,1H3. The monoisotopic (exact) mass is 220 g/mol. The van der Waals surface area contributed by atoms with Crippen molar-refractivity contribution in [1.29, 1.82) is 0 Å². The average molecular weight is 220 g/mol. The van der Waals surface area contributed by atoms with E-state index in [0.717, 1.165) is 22.2 Å². The van der Waals surface area contributed by atoms with Gasteiger partial charge in [0.15, 0.2) is 0 Å². The van der Waals surface area contributed by atoms with Crippen molar-refractivity contribution in [3.8, 4) is 0 Å². The Labute approximate surface area is 92.5 Å². The van der Waals surface area contributed by atoms with Crippen LogP contribution >= 0.6 is 11.8 Å². The summed E-state index contributed by atoms with van der Waals surface area (Å²) in [6.07, 6.45) is 3.68. The highest BCUT2D eigenvalue weighted by Gasteiger charge is 2.02.